The second kappa shape index (κ2) is 6.51. The zero-order valence-electron chi connectivity index (χ0n) is 13.0. The summed E-state index contributed by atoms with van der Waals surface area (Å²) in [5.41, 5.74) is 0.803. The highest BCUT2D eigenvalue weighted by atomic mass is 79.9. The van der Waals surface area contributed by atoms with Crippen LogP contribution in [0.2, 0.25) is 0 Å². The van der Waals surface area contributed by atoms with E-state index < -0.39 is 5.92 Å². The molecule has 3 aliphatic rings. The highest BCUT2D eigenvalue weighted by Gasteiger charge is 2.62. The Morgan fingerprint density at radius 1 is 1.30 bits per heavy atom. The molecule has 3 unspecified atom stereocenters. The molecule has 3 saturated heterocycles. The molecule has 23 heavy (non-hydrogen) atoms. The molecule has 0 aromatic heterocycles. The van der Waals surface area contributed by atoms with Gasteiger partial charge in [-0.2, -0.15) is 0 Å². The van der Waals surface area contributed by atoms with Crippen LogP contribution in [0.5, 0.6) is 0 Å². The third kappa shape index (κ3) is 2.93. The first-order valence-corrected chi connectivity index (χ1v) is 7.92. The molecule has 0 radical (unpaired) electrons. The Balaban J connectivity index is 0.00000156. The Morgan fingerprint density at radius 2 is 1.91 bits per heavy atom. The zero-order chi connectivity index (χ0) is 15.3. The number of morpholine rings is 1. The number of nitrogens with zero attached hydrogens (tertiary/aromatic N) is 1. The summed E-state index contributed by atoms with van der Waals surface area (Å²) in [6.07, 6.45) is 2.26. The van der Waals surface area contributed by atoms with Gasteiger partial charge in [-0.3, -0.25) is 9.69 Å². The summed E-state index contributed by atoms with van der Waals surface area (Å²) in [5, 5.41) is 9.56. The number of aliphatic hydroxyl groups is 1. The van der Waals surface area contributed by atoms with Crippen LogP contribution in [0.25, 0.3) is 0 Å². The summed E-state index contributed by atoms with van der Waals surface area (Å²) < 4.78 is 11.4. The van der Waals surface area contributed by atoms with Crippen molar-refractivity contribution in [2.24, 2.45) is 0 Å². The average Bonchev–Trinajstić information content (AvgIpc) is 3.27. The number of rotatable bonds is 4. The van der Waals surface area contributed by atoms with Crippen molar-refractivity contribution in [3.05, 3.63) is 35.9 Å². The molecule has 2 bridgehead atoms. The van der Waals surface area contributed by atoms with Gasteiger partial charge < -0.3 is 14.6 Å². The summed E-state index contributed by atoms with van der Waals surface area (Å²) in [5.74, 6) is -0.915. The molecule has 3 aliphatic heterocycles. The van der Waals surface area contributed by atoms with Gasteiger partial charge in [0.1, 0.15) is 24.2 Å². The smallest absolute Gasteiger partial charge is 0.316 e. The molecule has 6 atom stereocenters. The lowest BCUT2D eigenvalue weighted by atomic mass is 9.97. The van der Waals surface area contributed by atoms with Crippen LogP contribution in [0.1, 0.15) is 24.3 Å². The van der Waals surface area contributed by atoms with Crippen molar-refractivity contribution in [1.82, 2.24) is 4.90 Å². The zero-order valence-corrected chi connectivity index (χ0v) is 14.7. The number of esters is 1. The third-order valence-corrected chi connectivity index (χ3v) is 5.33. The molecule has 0 aliphatic carbocycles. The molecule has 0 saturated carbocycles. The molecule has 0 spiro atoms. The van der Waals surface area contributed by atoms with Crippen molar-refractivity contribution in [3.63, 3.8) is 0 Å². The van der Waals surface area contributed by atoms with Crippen LogP contribution in [0, 0.1) is 0 Å². The van der Waals surface area contributed by atoms with E-state index in [1.807, 2.05) is 30.3 Å². The fourth-order valence-electron chi connectivity index (χ4n) is 4.04. The van der Waals surface area contributed by atoms with Crippen molar-refractivity contribution in [1.29, 1.82) is 0 Å². The number of hydrogen-bond donors (Lipinski definition) is 1. The quantitative estimate of drug-likeness (QED) is 0.630. The van der Waals surface area contributed by atoms with Crippen LogP contribution in [-0.2, 0) is 14.3 Å². The van der Waals surface area contributed by atoms with Gasteiger partial charge in [0.05, 0.1) is 6.61 Å². The van der Waals surface area contributed by atoms with E-state index in [0.717, 1.165) is 18.4 Å². The lowest BCUT2D eigenvalue weighted by molar-refractivity contribution is -0.156. The molecule has 126 valence electrons. The lowest BCUT2D eigenvalue weighted by Gasteiger charge is -2.38. The number of aliphatic hydroxyl groups excluding tert-OH is 1. The van der Waals surface area contributed by atoms with Gasteiger partial charge in [-0.05, 0) is 12.6 Å². The van der Waals surface area contributed by atoms with Gasteiger partial charge in [0, 0.05) is 24.9 Å². The summed E-state index contributed by atoms with van der Waals surface area (Å²) in [7, 11) is 2.13. The Kier molecular flexibility index (Phi) is 4.78. The van der Waals surface area contributed by atoms with Crippen LogP contribution >= 0.6 is 17.0 Å². The molecule has 1 N–H and O–H groups in total. The Labute approximate surface area is 146 Å². The monoisotopic (exact) mass is 383 g/mol. The van der Waals surface area contributed by atoms with Crippen LogP contribution in [-0.4, -0.2) is 60.0 Å². The van der Waals surface area contributed by atoms with Crippen molar-refractivity contribution in [2.45, 2.75) is 49.2 Å². The SMILES string of the molecule is Br.CN1[C@@H]2CC(OC(=O)[C@H](CO)c3ccccc3)C[C@H]1C1OC12. The minimum absolute atomic E-state index is 0. The third-order valence-electron chi connectivity index (χ3n) is 5.33. The van der Waals surface area contributed by atoms with Gasteiger partial charge in [0.25, 0.3) is 0 Å². The normalized spacial score (nSPS) is 35.8. The summed E-state index contributed by atoms with van der Waals surface area (Å²) in [4.78, 5) is 14.8. The van der Waals surface area contributed by atoms with Gasteiger partial charge in [-0.15, -0.1) is 17.0 Å². The Bertz CT molecular complexity index is 551. The first kappa shape index (κ1) is 16.9. The largest absolute Gasteiger partial charge is 0.462 e. The van der Waals surface area contributed by atoms with Crippen molar-refractivity contribution in [3.8, 4) is 0 Å². The van der Waals surface area contributed by atoms with E-state index >= 15 is 0 Å². The van der Waals surface area contributed by atoms with Gasteiger partial charge in [0.2, 0.25) is 0 Å². The van der Waals surface area contributed by atoms with Gasteiger partial charge in [-0.1, -0.05) is 30.3 Å². The number of halogens is 1. The number of carbonyl (C=O) groups is 1. The topological polar surface area (TPSA) is 62.3 Å². The number of piperidine rings is 1. The van der Waals surface area contributed by atoms with E-state index in [-0.39, 0.29) is 35.7 Å². The van der Waals surface area contributed by atoms with Crippen LogP contribution in [0.4, 0.5) is 0 Å². The van der Waals surface area contributed by atoms with E-state index in [4.69, 9.17) is 9.47 Å². The second-order valence-corrected chi connectivity index (χ2v) is 6.54. The maximum absolute atomic E-state index is 12.4. The molecule has 0 amide bonds. The number of benzene rings is 1. The number of fused-ring (bicyclic) bond motifs is 5. The van der Waals surface area contributed by atoms with E-state index in [2.05, 4.69) is 11.9 Å². The van der Waals surface area contributed by atoms with E-state index in [0.29, 0.717) is 24.3 Å². The summed E-state index contributed by atoms with van der Waals surface area (Å²) in [6, 6.07) is 10.1. The second-order valence-electron chi connectivity index (χ2n) is 6.54. The number of likely N-dealkylation sites (N-methyl/N-ethyl adjacent to an activating group) is 1. The molecular formula is C17H22BrNO4. The molecule has 4 rings (SSSR count). The molecule has 1 aromatic carbocycles. The molecular weight excluding hydrogens is 362 g/mol. The van der Waals surface area contributed by atoms with Gasteiger partial charge in [0.15, 0.2) is 0 Å². The van der Waals surface area contributed by atoms with Crippen molar-refractivity contribution >= 4 is 23.0 Å². The van der Waals surface area contributed by atoms with Gasteiger partial charge in [-0.25, -0.2) is 0 Å². The molecule has 5 nitrogen and oxygen atoms in total. The Hall–Kier alpha value is -0.950. The minimum atomic E-state index is -0.593. The average molecular weight is 384 g/mol. The summed E-state index contributed by atoms with van der Waals surface area (Å²) >= 11 is 0. The molecule has 1 aromatic rings. The van der Waals surface area contributed by atoms with Crippen molar-refractivity contribution in [2.75, 3.05) is 13.7 Å². The lowest BCUT2D eigenvalue weighted by Crippen LogP contribution is -2.48. The van der Waals surface area contributed by atoms with Crippen LogP contribution < -0.4 is 0 Å². The number of ether oxygens (including phenoxy) is 2. The van der Waals surface area contributed by atoms with Crippen LogP contribution in [0.3, 0.4) is 0 Å². The fourth-order valence-corrected chi connectivity index (χ4v) is 4.04. The van der Waals surface area contributed by atoms with E-state index in [9.17, 15) is 9.90 Å². The number of carbonyl (C=O) groups excluding carboxylic acids is 1. The summed E-state index contributed by atoms with van der Waals surface area (Å²) in [6.45, 7) is -0.226. The Morgan fingerprint density at radius 3 is 2.48 bits per heavy atom. The number of hydrogen-bond acceptors (Lipinski definition) is 5. The minimum Gasteiger partial charge on any atom is -0.462 e. The first-order valence-electron chi connectivity index (χ1n) is 7.92. The molecule has 3 heterocycles. The molecule has 6 heteroatoms. The van der Waals surface area contributed by atoms with Gasteiger partial charge >= 0.3 is 5.97 Å². The first-order chi connectivity index (χ1) is 10.7. The number of epoxide rings is 1. The highest BCUT2D eigenvalue weighted by Crippen LogP contribution is 2.48. The van der Waals surface area contributed by atoms with Crippen molar-refractivity contribution < 1.29 is 19.4 Å². The fraction of sp³-hybridized carbons (Fsp3) is 0.588. The standard InChI is InChI=1S/C17H21NO4.BrH/c1-18-13-7-11(8-14(18)16-15(13)22-16)21-17(20)12(9-19)10-5-3-2-4-6-10;/h2-6,11-16,19H,7-9H2,1H3;1H/t11?,12-,13-,14+,15?,16?;/m1./s1. The predicted octanol–water partition coefficient (Wildman–Crippen LogP) is 1.50. The maximum Gasteiger partial charge on any atom is 0.316 e. The van der Waals surface area contributed by atoms with E-state index in [1.165, 1.54) is 0 Å². The maximum atomic E-state index is 12.4. The highest BCUT2D eigenvalue weighted by molar-refractivity contribution is 8.93. The predicted molar refractivity (Wildman–Crippen MR) is 89.7 cm³/mol. The molecule has 3 fully saturated rings. The van der Waals surface area contributed by atoms with E-state index in [1.54, 1.807) is 0 Å². The van der Waals surface area contributed by atoms with Crippen LogP contribution in [0.15, 0.2) is 30.3 Å².